The minimum atomic E-state index is 0.0623. The summed E-state index contributed by atoms with van der Waals surface area (Å²) in [5.41, 5.74) is 14.8. The third-order valence-corrected chi connectivity index (χ3v) is 12.7. The lowest BCUT2D eigenvalue weighted by Crippen LogP contribution is -2.43. The van der Waals surface area contributed by atoms with Crippen LogP contribution in [0.4, 0.5) is 0 Å². The maximum Gasteiger partial charge on any atom is 0.295 e. The number of aryl methyl sites for hydroxylation is 2. The highest BCUT2D eigenvalue weighted by Gasteiger charge is 2.48. The van der Waals surface area contributed by atoms with Gasteiger partial charge in [0.15, 0.2) is 11.0 Å². The summed E-state index contributed by atoms with van der Waals surface area (Å²) < 4.78 is 5.06. The van der Waals surface area contributed by atoms with Crippen molar-refractivity contribution in [2.75, 3.05) is 0 Å². The molecule has 2 spiro atoms. The zero-order chi connectivity index (χ0) is 32.4. The molecule has 5 aromatic rings. The molecule has 0 unspecified atom stereocenters. The zero-order valence-corrected chi connectivity index (χ0v) is 29.5. The molecule has 0 N–H and O–H groups in total. The number of fused-ring (bicyclic) bond motifs is 4. The van der Waals surface area contributed by atoms with Gasteiger partial charge in [-0.05, 0) is 120 Å². The summed E-state index contributed by atoms with van der Waals surface area (Å²) in [7, 11) is 2.29. The van der Waals surface area contributed by atoms with Crippen LogP contribution >= 0.6 is 0 Å². The molecule has 0 bridgehead atoms. The van der Waals surface area contributed by atoms with Gasteiger partial charge in [0.25, 0.3) is 5.82 Å². The first-order valence-electron chi connectivity index (χ1n) is 18.6. The van der Waals surface area contributed by atoms with Gasteiger partial charge in [-0.15, -0.1) is 0 Å². The van der Waals surface area contributed by atoms with E-state index in [0.717, 1.165) is 0 Å². The van der Waals surface area contributed by atoms with Crippen molar-refractivity contribution in [3.8, 4) is 28.2 Å². The Bertz CT molecular complexity index is 1940. The molecule has 3 aliphatic carbocycles. The van der Waals surface area contributed by atoms with Gasteiger partial charge in [0.05, 0.1) is 12.6 Å². The van der Waals surface area contributed by atoms with Crippen LogP contribution < -0.4 is 4.57 Å². The first-order valence-corrected chi connectivity index (χ1v) is 18.6. The lowest BCUT2D eigenvalue weighted by molar-refractivity contribution is -0.633. The lowest BCUT2D eigenvalue weighted by atomic mass is 9.53. The Hall–Kier alpha value is -3.65. The van der Waals surface area contributed by atoms with E-state index in [9.17, 15) is 0 Å². The first-order chi connectivity index (χ1) is 22.7. The van der Waals surface area contributed by atoms with Gasteiger partial charge < -0.3 is 0 Å². The van der Waals surface area contributed by atoms with Crippen molar-refractivity contribution in [3.63, 3.8) is 0 Å². The number of imidazole rings is 1. The molecule has 0 atom stereocenters. The van der Waals surface area contributed by atoms with Crippen molar-refractivity contribution in [3.05, 3.63) is 107 Å². The minimum Gasteiger partial charge on any atom is -0.225 e. The maximum absolute atomic E-state index is 2.72. The van der Waals surface area contributed by atoms with E-state index in [0.29, 0.717) is 10.8 Å². The molecular weight excluding hydrogens is 569 g/mol. The Morgan fingerprint density at radius 1 is 0.617 bits per heavy atom. The third-order valence-electron chi connectivity index (χ3n) is 12.7. The summed E-state index contributed by atoms with van der Waals surface area (Å²) in [6, 6.07) is 32.7. The molecule has 2 nitrogen and oxygen atoms in total. The average molecular weight is 622 g/mol. The molecule has 8 rings (SSSR count). The van der Waals surface area contributed by atoms with Crippen molar-refractivity contribution in [2.45, 2.75) is 121 Å². The van der Waals surface area contributed by atoms with E-state index in [4.69, 9.17) is 0 Å². The Morgan fingerprint density at radius 2 is 1.21 bits per heavy atom. The summed E-state index contributed by atoms with van der Waals surface area (Å²) in [6.07, 6.45) is 16.6. The number of para-hydroxylation sites is 2. The van der Waals surface area contributed by atoms with E-state index in [1.54, 1.807) is 11.1 Å². The predicted molar refractivity (Wildman–Crippen MR) is 198 cm³/mol. The summed E-state index contributed by atoms with van der Waals surface area (Å²) in [6.45, 7) is 9.37. The van der Waals surface area contributed by atoms with Gasteiger partial charge >= 0.3 is 0 Å². The second-order valence-electron chi connectivity index (χ2n) is 16.4. The molecule has 1 heterocycles. The van der Waals surface area contributed by atoms with Gasteiger partial charge in [0.1, 0.15) is 5.69 Å². The molecule has 4 aromatic carbocycles. The van der Waals surface area contributed by atoms with Crippen molar-refractivity contribution in [1.82, 2.24) is 4.57 Å². The fourth-order valence-electron chi connectivity index (χ4n) is 9.98. The van der Waals surface area contributed by atoms with Crippen LogP contribution in [0.5, 0.6) is 0 Å². The molecule has 0 aliphatic heterocycles. The number of hydrogen-bond acceptors (Lipinski definition) is 0. The molecule has 242 valence electrons. The predicted octanol–water partition coefficient (Wildman–Crippen LogP) is 11.6. The monoisotopic (exact) mass is 621 g/mol. The fraction of sp³-hybridized carbons (Fsp3) is 0.444. The largest absolute Gasteiger partial charge is 0.295 e. The lowest BCUT2D eigenvalue weighted by Gasteiger charge is -2.51. The SMILES string of the molecule is Cc1cc2c(cc1-c1n(-c3ccc(C(C)(C)C)cc3-c3ccccc3)c3ccccc3[n+]1C)C1(CCCCC1)CCC21CCCCC1. The van der Waals surface area contributed by atoms with Gasteiger partial charge in [-0.3, -0.25) is 0 Å². The summed E-state index contributed by atoms with van der Waals surface area (Å²) in [5, 5.41) is 0. The molecule has 2 heteroatoms. The molecule has 1 aromatic heterocycles. The molecule has 0 amide bonds. The van der Waals surface area contributed by atoms with Crippen LogP contribution in [0.25, 0.3) is 39.2 Å². The Labute approximate surface area is 282 Å². The first kappa shape index (κ1) is 30.7. The van der Waals surface area contributed by atoms with Gasteiger partial charge in [-0.1, -0.05) is 114 Å². The highest BCUT2D eigenvalue weighted by molar-refractivity contribution is 5.84. The van der Waals surface area contributed by atoms with Crippen molar-refractivity contribution >= 4 is 11.0 Å². The highest BCUT2D eigenvalue weighted by Crippen LogP contribution is 2.57. The topological polar surface area (TPSA) is 8.81 Å². The van der Waals surface area contributed by atoms with Crippen LogP contribution in [-0.4, -0.2) is 4.57 Å². The summed E-state index contributed by atoms with van der Waals surface area (Å²) >= 11 is 0. The second-order valence-corrected chi connectivity index (χ2v) is 16.4. The average Bonchev–Trinajstić information content (AvgIpc) is 3.39. The van der Waals surface area contributed by atoms with E-state index in [1.807, 2.05) is 0 Å². The van der Waals surface area contributed by atoms with E-state index in [2.05, 4.69) is 129 Å². The van der Waals surface area contributed by atoms with Crippen molar-refractivity contribution in [2.24, 2.45) is 7.05 Å². The standard InChI is InChI=1S/C45H53N2/c1-32-29-37-38(45(25-15-8-16-26-45)28-27-44(37)23-13-7-14-24-44)31-35(32)42-46(5)40-19-11-12-20-41(40)47(42)39-22-21-34(43(2,3)4)30-36(39)33-17-9-6-10-18-33/h6,9-12,17-22,29-31H,7-8,13-16,23-28H2,1-5H3/q+1. The van der Waals surface area contributed by atoms with Gasteiger partial charge in [0.2, 0.25) is 0 Å². The fourth-order valence-corrected chi connectivity index (χ4v) is 9.98. The molecule has 2 fully saturated rings. The minimum absolute atomic E-state index is 0.0623. The normalized spacial score (nSPS) is 18.9. The quantitative estimate of drug-likeness (QED) is 0.177. The van der Waals surface area contributed by atoms with Crippen LogP contribution in [-0.2, 0) is 23.3 Å². The van der Waals surface area contributed by atoms with Crippen molar-refractivity contribution in [1.29, 1.82) is 0 Å². The van der Waals surface area contributed by atoms with E-state index in [1.165, 1.54) is 127 Å². The molecular formula is C45H53N2+. The molecule has 0 radical (unpaired) electrons. The number of hydrogen-bond donors (Lipinski definition) is 0. The Kier molecular flexibility index (Phi) is 7.50. The third kappa shape index (κ3) is 5.01. The zero-order valence-electron chi connectivity index (χ0n) is 29.5. The maximum atomic E-state index is 2.72. The van der Waals surface area contributed by atoms with Crippen LogP contribution in [0.1, 0.15) is 120 Å². The van der Waals surface area contributed by atoms with Crippen LogP contribution in [0.15, 0.2) is 84.9 Å². The smallest absolute Gasteiger partial charge is 0.225 e. The highest BCUT2D eigenvalue weighted by atomic mass is 15.2. The van der Waals surface area contributed by atoms with Crippen LogP contribution in [0.2, 0.25) is 0 Å². The number of benzene rings is 4. The number of nitrogens with zero attached hydrogens (tertiary/aromatic N) is 2. The van der Waals surface area contributed by atoms with Crippen molar-refractivity contribution < 1.29 is 4.57 Å². The van der Waals surface area contributed by atoms with Gasteiger partial charge in [-0.25, -0.2) is 4.57 Å². The molecule has 0 saturated heterocycles. The Morgan fingerprint density at radius 3 is 1.85 bits per heavy atom. The second kappa shape index (κ2) is 11.5. The van der Waals surface area contributed by atoms with Gasteiger partial charge in [-0.2, -0.15) is 4.57 Å². The Balaban J connectivity index is 1.42. The molecule has 3 aliphatic rings. The van der Waals surface area contributed by atoms with E-state index < -0.39 is 0 Å². The van der Waals surface area contributed by atoms with Crippen LogP contribution in [0.3, 0.4) is 0 Å². The summed E-state index contributed by atoms with van der Waals surface area (Å²) in [4.78, 5) is 0. The number of rotatable bonds is 3. The molecule has 2 saturated carbocycles. The number of aromatic nitrogens is 2. The van der Waals surface area contributed by atoms with Gasteiger partial charge in [0, 0.05) is 5.56 Å². The van der Waals surface area contributed by atoms with E-state index >= 15 is 0 Å². The summed E-state index contributed by atoms with van der Waals surface area (Å²) in [5.74, 6) is 1.29. The van der Waals surface area contributed by atoms with E-state index in [-0.39, 0.29) is 5.41 Å². The molecule has 47 heavy (non-hydrogen) atoms. The van der Waals surface area contributed by atoms with Crippen LogP contribution in [0, 0.1) is 6.92 Å².